The Morgan fingerprint density at radius 1 is 0.944 bits per heavy atom. The highest BCUT2D eigenvalue weighted by molar-refractivity contribution is 5.35. The Hall–Kier alpha value is -1.68. The first-order valence-corrected chi connectivity index (χ1v) is 6.03. The van der Waals surface area contributed by atoms with Crippen LogP contribution in [0.3, 0.4) is 0 Å². The van der Waals surface area contributed by atoms with E-state index in [9.17, 15) is 0 Å². The molecule has 2 aromatic rings. The summed E-state index contributed by atoms with van der Waals surface area (Å²) in [5, 5.41) is 0. The number of fused-ring (bicyclic) bond motifs is 4. The highest BCUT2D eigenvalue weighted by atomic mass is 17.3. The zero-order chi connectivity index (χ0) is 12.0. The molecule has 4 rings (SSSR count). The molecule has 2 atom stereocenters. The molecule has 0 aliphatic carbocycles. The lowest BCUT2D eigenvalue weighted by Crippen LogP contribution is -2.33. The molecule has 0 spiro atoms. The summed E-state index contributed by atoms with van der Waals surface area (Å²) in [5.41, 5.74) is 3.26. The summed E-state index contributed by atoms with van der Waals surface area (Å²) in [6.07, 6.45) is 0.249. The minimum atomic E-state index is -0.791. The Bertz CT molecular complexity index is 581. The topological polar surface area (TPSA) is 27.7 Å². The van der Waals surface area contributed by atoms with Gasteiger partial charge in [-0.3, -0.25) is 0 Å². The van der Waals surface area contributed by atoms with Crippen LogP contribution in [-0.2, 0) is 26.7 Å². The smallest absolute Gasteiger partial charge is 0.234 e. The van der Waals surface area contributed by atoms with E-state index in [4.69, 9.17) is 14.5 Å². The van der Waals surface area contributed by atoms with Crippen LogP contribution in [0.4, 0.5) is 0 Å². The lowest BCUT2D eigenvalue weighted by atomic mass is 9.92. The van der Waals surface area contributed by atoms with Crippen molar-refractivity contribution in [3.8, 4) is 0 Å². The maximum absolute atomic E-state index is 5.95. The Morgan fingerprint density at radius 2 is 1.72 bits per heavy atom. The van der Waals surface area contributed by atoms with Crippen LogP contribution in [0.2, 0.25) is 0 Å². The Balaban J connectivity index is 1.83. The van der Waals surface area contributed by atoms with Crippen LogP contribution in [0.5, 0.6) is 0 Å². The van der Waals surface area contributed by atoms with E-state index < -0.39 is 12.1 Å². The Kier molecular flexibility index (Phi) is 2.08. The second-order valence-electron chi connectivity index (χ2n) is 4.62. The van der Waals surface area contributed by atoms with Crippen LogP contribution < -0.4 is 0 Å². The molecule has 2 heterocycles. The van der Waals surface area contributed by atoms with E-state index in [2.05, 4.69) is 6.07 Å². The summed E-state index contributed by atoms with van der Waals surface area (Å²) in [6, 6.07) is 18.1. The fraction of sp³-hybridized carbons (Fsp3) is 0.200. The molecule has 0 aromatic heterocycles. The average molecular weight is 240 g/mol. The first-order chi connectivity index (χ1) is 8.87. The Morgan fingerprint density at radius 3 is 2.61 bits per heavy atom. The Labute approximate surface area is 105 Å². The first-order valence-electron chi connectivity index (χ1n) is 6.03. The minimum Gasteiger partial charge on any atom is -0.306 e. The molecule has 2 aliphatic rings. The highest BCUT2D eigenvalue weighted by Crippen LogP contribution is 2.48. The van der Waals surface area contributed by atoms with Crippen molar-refractivity contribution in [2.24, 2.45) is 0 Å². The lowest BCUT2D eigenvalue weighted by molar-refractivity contribution is -0.334. The molecule has 0 radical (unpaired) electrons. The van der Waals surface area contributed by atoms with Gasteiger partial charge in [-0.05, 0) is 5.56 Å². The van der Waals surface area contributed by atoms with E-state index in [0.29, 0.717) is 6.42 Å². The summed E-state index contributed by atoms with van der Waals surface area (Å²) >= 11 is 0. The molecule has 3 heteroatoms. The van der Waals surface area contributed by atoms with E-state index in [1.54, 1.807) is 0 Å². The SMILES string of the molecule is c1ccc([C@]23Cc4ccccc4[C@H](OO2)O3)cc1. The van der Waals surface area contributed by atoms with Crippen LogP contribution in [0.1, 0.15) is 23.0 Å². The number of ether oxygens (including phenoxy) is 1. The van der Waals surface area contributed by atoms with E-state index >= 15 is 0 Å². The van der Waals surface area contributed by atoms with Gasteiger partial charge in [0, 0.05) is 17.5 Å². The van der Waals surface area contributed by atoms with Crippen molar-refractivity contribution in [1.82, 2.24) is 0 Å². The van der Waals surface area contributed by atoms with Crippen LogP contribution in [-0.4, -0.2) is 0 Å². The molecule has 2 aromatic carbocycles. The van der Waals surface area contributed by atoms with E-state index in [1.807, 2.05) is 48.5 Å². The maximum atomic E-state index is 5.95. The third-order valence-corrected chi connectivity index (χ3v) is 3.51. The second-order valence-corrected chi connectivity index (χ2v) is 4.62. The third-order valence-electron chi connectivity index (χ3n) is 3.51. The zero-order valence-corrected chi connectivity index (χ0v) is 9.71. The fourth-order valence-corrected chi connectivity index (χ4v) is 2.61. The average Bonchev–Trinajstić information content (AvgIpc) is 2.80. The van der Waals surface area contributed by atoms with Gasteiger partial charge in [0.15, 0.2) is 0 Å². The molecule has 3 nitrogen and oxygen atoms in total. The molecule has 2 bridgehead atoms. The number of hydrogen-bond acceptors (Lipinski definition) is 3. The van der Waals surface area contributed by atoms with Gasteiger partial charge in [-0.2, -0.15) is 9.78 Å². The van der Waals surface area contributed by atoms with Gasteiger partial charge in [0.05, 0.1) is 0 Å². The molecule has 0 amide bonds. The molecular weight excluding hydrogens is 228 g/mol. The van der Waals surface area contributed by atoms with Crippen molar-refractivity contribution in [1.29, 1.82) is 0 Å². The van der Waals surface area contributed by atoms with Gasteiger partial charge < -0.3 is 4.74 Å². The van der Waals surface area contributed by atoms with Gasteiger partial charge in [0.2, 0.25) is 12.1 Å². The molecule has 90 valence electrons. The van der Waals surface area contributed by atoms with Gasteiger partial charge in [-0.15, -0.1) is 0 Å². The summed E-state index contributed by atoms with van der Waals surface area (Å²) < 4.78 is 5.95. The molecule has 2 aliphatic heterocycles. The lowest BCUT2D eigenvalue weighted by Gasteiger charge is -2.30. The molecule has 18 heavy (non-hydrogen) atoms. The van der Waals surface area contributed by atoms with Crippen molar-refractivity contribution < 1.29 is 14.5 Å². The number of rotatable bonds is 1. The van der Waals surface area contributed by atoms with Crippen molar-refractivity contribution >= 4 is 0 Å². The van der Waals surface area contributed by atoms with Gasteiger partial charge in [-0.1, -0.05) is 54.6 Å². The molecule has 0 unspecified atom stereocenters. The van der Waals surface area contributed by atoms with Crippen molar-refractivity contribution in [2.45, 2.75) is 18.5 Å². The van der Waals surface area contributed by atoms with Crippen LogP contribution in [0.15, 0.2) is 54.6 Å². The molecule has 1 saturated heterocycles. The van der Waals surface area contributed by atoms with Crippen molar-refractivity contribution in [2.75, 3.05) is 0 Å². The third kappa shape index (κ3) is 1.35. The standard InChI is InChI=1S/C15H12O3/c1-2-7-12(8-3-1)15-10-11-6-4-5-9-13(11)14(16-15)17-18-15/h1-9,14H,10H2/t14-,15-/m0/s1. The number of benzene rings is 2. The molecule has 0 saturated carbocycles. The summed E-state index contributed by atoms with van der Waals surface area (Å²) in [4.78, 5) is 10.8. The predicted octanol–water partition coefficient (Wildman–Crippen LogP) is 3.07. The van der Waals surface area contributed by atoms with E-state index in [1.165, 1.54) is 5.56 Å². The fourth-order valence-electron chi connectivity index (χ4n) is 2.61. The summed E-state index contributed by atoms with van der Waals surface area (Å²) in [5.74, 6) is -0.791. The zero-order valence-electron chi connectivity index (χ0n) is 9.71. The molecule has 0 N–H and O–H groups in total. The normalized spacial score (nSPS) is 29.0. The van der Waals surface area contributed by atoms with Gasteiger partial charge >= 0.3 is 0 Å². The quantitative estimate of drug-likeness (QED) is 0.717. The highest BCUT2D eigenvalue weighted by Gasteiger charge is 2.50. The first kappa shape index (κ1) is 10.3. The summed E-state index contributed by atoms with van der Waals surface area (Å²) in [6.45, 7) is 0. The van der Waals surface area contributed by atoms with Gasteiger partial charge in [0.25, 0.3) is 0 Å². The molecular formula is C15H12O3. The largest absolute Gasteiger partial charge is 0.306 e. The van der Waals surface area contributed by atoms with Crippen LogP contribution in [0.25, 0.3) is 0 Å². The second kappa shape index (κ2) is 3.65. The van der Waals surface area contributed by atoms with Crippen molar-refractivity contribution in [3.63, 3.8) is 0 Å². The minimum absolute atomic E-state index is 0.421. The molecule has 1 fully saturated rings. The number of hydrogen-bond donors (Lipinski definition) is 0. The van der Waals surface area contributed by atoms with Gasteiger partial charge in [-0.25, -0.2) is 0 Å². The predicted molar refractivity (Wildman–Crippen MR) is 64.3 cm³/mol. The van der Waals surface area contributed by atoms with Crippen LogP contribution >= 0.6 is 0 Å². The maximum Gasteiger partial charge on any atom is 0.234 e. The van der Waals surface area contributed by atoms with Crippen molar-refractivity contribution in [3.05, 3.63) is 71.3 Å². The summed E-state index contributed by atoms with van der Waals surface area (Å²) in [7, 11) is 0. The van der Waals surface area contributed by atoms with Gasteiger partial charge in [0.1, 0.15) is 0 Å². The monoisotopic (exact) mass is 240 g/mol. The van der Waals surface area contributed by atoms with E-state index in [0.717, 1.165) is 11.1 Å². The van der Waals surface area contributed by atoms with E-state index in [-0.39, 0.29) is 0 Å². The van der Waals surface area contributed by atoms with Crippen LogP contribution in [0, 0.1) is 0 Å².